The van der Waals surface area contributed by atoms with Crippen molar-refractivity contribution in [2.75, 3.05) is 0 Å². The van der Waals surface area contributed by atoms with Crippen LogP contribution >= 0.6 is 0 Å². The molecule has 0 unspecified atom stereocenters. The van der Waals surface area contributed by atoms with E-state index in [9.17, 15) is 0 Å². The van der Waals surface area contributed by atoms with Crippen molar-refractivity contribution in [2.24, 2.45) is 0 Å². The first kappa shape index (κ1) is 29.3. The summed E-state index contributed by atoms with van der Waals surface area (Å²) in [4.78, 5) is 0. The summed E-state index contributed by atoms with van der Waals surface area (Å²) in [5.74, 6) is 0. The highest BCUT2D eigenvalue weighted by molar-refractivity contribution is 6.94. The Kier molecular flexibility index (Phi) is 13.8. The van der Waals surface area contributed by atoms with Crippen LogP contribution in [0.25, 0.3) is 0 Å². The zero-order valence-corrected chi connectivity index (χ0v) is 25.8. The molecule has 5 heteroatoms. The molecule has 1 nitrogen and oxygen atoms in total. The van der Waals surface area contributed by atoms with Gasteiger partial charge in [0.1, 0.15) is 0 Å². The fourth-order valence-corrected chi connectivity index (χ4v) is 22.3. The molecule has 0 aromatic rings. The molecule has 0 fully saturated rings. The summed E-state index contributed by atoms with van der Waals surface area (Å²) in [5, 5.41) is 0. The average Bonchev–Trinajstić information content (AvgIpc) is 2.79. The quantitative estimate of drug-likeness (QED) is 0.204. The van der Waals surface area contributed by atoms with E-state index < -0.39 is 32.8 Å². The lowest BCUT2D eigenvalue weighted by Crippen LogP contribution is -2.49. The van der Waals surface area contributed by atoms with Gasteiger partial charge in [0, 0.05) is 0 Å². The SMILES string of the molecule is CC[Si](/C=C/[Si](CC)(CC)O[Si](/C=C/[Si](CC)(CC)CC)(CC)CC)(CC)CC. The molecule has 0 radical (unpaired) electrons. The third-order valence-corrected chi connectivity index (χ3v) is 29.0. The van der Waals surface area contributed by atoms with E-state index in [0.717, 1.165) is 0 Å². The second kappa shape index (κ2) is 13.7. The van der Waals surface area contributed by atoms with Crippen molar-refractivity contribution in [3.05, 3.63) is 22.8 Å². The van der Waals surface area contributed by atoms with Crippen LogP contribution in [0.4, 0.5) is 0 Å². The molecular weight excluding hydrogens is 417 g/mol. The minimum absolute atomic E-state index is 1.22. The number of hydrogen-bond acceptors (Lipinski definition) is 1. The molecule has 0 saturated carbocycles. The first-order chi connectivity index (χ1) is 13.7. The maximum Gasteiger partial charge on any atom is 0.203 e. The normalized spacial score (nSPS) is 14.4. The molecular formula is C24H54OSi4. The molecule has 0 aromatic heterocycles. The first-order valence-corrected chi connectivity index (χ1v) is 23.0. The lowest BCUT2D eigenvalue weighted by Gasteiger charge is -2.39. The smallest absolute Gasteiger partial charge is 0.203 e. The van der Waals surface area contributed by atoms with Gasteiger partial charge in [-0.05, 0) is 24.2 Å². The second-order valence-electron chi connectivity index (χ2n) is 9.16. The highest BCUT2D eigenvalue weighted by Crippen LogP contribution is 2.32. The van der Waals surface area contributed by atoms with Gasteiger partial charge in [0.15, 0.2) is 0 Å². The number of rotatable bonds is 16. The maximum atomic E-state index is 7.43. The van der Waals surface area contributed by atoms with Crippen LogP contribution in [0.1, 0.15) is 69.2 Å². The molecule has 0 bridgehead atoms. The van der Waals surface area contributed by atoms with Gasteiger partial charge in [0.05, 0.1) is 16.1 Å². The van der Waals surface area contributed by atoms with Crippen LogP contribution in [0.2, 0.25) is 60.4 Å². The van der Waals surface area contributed by atoms with Crippen molar-refractivity contribution in [1.82, 2.24) is 0 Å². The molecule has 0 aliphatic rings. The van der Waals surface area contributed by atoms with Crippen molar-refractivity contribution in [1.29, 1.82) is 0 Å². The summed E-state index contributed by atoms with van der Waals surface area (Å²) in [6.45, 7) is 24.0. The minimum Gasteiger partial charge on any atom is -0.449 e. The molecule has 0 rings (SSSR count). The predicted octanol–water partition coefficient (Wildman–Crippen LogP) is 9.26. The Balaban J connectivity index is 6.04. The lowest BCUT2D eigenvalue weighted by molar-refractivity contribution is 0.537. The van der Waals surface area contributed by atoms with Gasteiger partial charge >= 0.3 is 0 Å². The van der Waals surface area contributed by atoms with Crippen LogP contribution in [0, 0.1) is 0 Å². The molecule has 0 heterocycles. The van der Waals surface area contributed by atoms with E-state index in [0.29, 0.717) is 0 Å². The van der Waals surface area contributed by atoms with E-state index in [4.69, 9.17) is 4.12 Å². The molecule has 0 atom stereocenters. The molecule has 0 aliphatic carbocycles. The van der Waals surface area contributed by atoms with Crippen molar-refractivity contribution in [2.45, 2.75) is 130 Å². The minimum atomic E-state index is -1.83. The fraction of sp³-hybridized carbons (Fsp3) is 0.833. The van der Waals surface area contributed by atoms with Crippen LogP contribution in [0.3, 0.4) is 0 Å². The van der Waals surface area contributed by atoms with Gasteiger partial charge in [-0.1, -0.05) is 128 Å². The van der Waals surface area contributed by atoms with E-state index in [-0.39, 0.29) is 0 Å². The zero-order valence-electron chi connectivity index (χ0n) is 21.8. The van der Waals surface area contributed by atoms with Crippen molar-refractivity contribution in [3.63, 3.8) is 0 Å². The standard InChI is InChI=1S/C24H54OSi4/c1-11-26(12-2,13-3)21-23-28(17-7,18-8)25-29(19-9,20-10)24-22-27(14-4,15-5)16-6/h21-24H,11-20H2,1-10H3/b23-21+,24-22+. The van der Waals surface area contributed by atoms with Crippen LogP contribution in [0.5, 0.6) is 0 Å². The topological polar surface area (TPSA) is 9.23 Å². The summed E-state index contributed by atoms with van der Waals surface area (Å²) in [6.07, 6.45) is 0. The van der Waals surface area contributed by atoms with Gasteiger partial charge in [-0.25, -0.2) is 0 Å². The molecule has 0 aromatic carbocycles. The van der Waals surface area contributed by atoms with Gasteiger partial charge in [0.25, 0.3) is 0 Å². The predicted molar refractivity (Wildman–Crippen MR) is 147 cm³/mol. The molecule has 0 aliphatic heterocycles. The van der Waals surface area contributed by atoms with Crippen LogP contribution in [-0.2, 0) is 4.12 Å². The molecule has 0 saturated heterocycles. The van der Waals surface area contributed by atoms with Gasteiger partial charge in [-0.3, -0.25) is 0 Å². The van der Waals surface area contributed by atoms with Gasteiger partial charge < -0.3 is 4.12 Å². The fourth-order valence-electron chi connectivity index (χ4n) is 4.60. The third-order valence-electron chi connectivity index (χ3n) is 8.51. The summed E-state index contributed by atoms with van der Waals surface area (Å²) in [7, 11) is -6.14. The zero-order chi connectivity index (χ0) is 22.6. The van der Waals surface area contributed by atoms with Crippen molar-refractivity contribution < 1.29 is 4.12 Å². The summed E-state index contributed by atoms with van der Waals surface area (Å²) in [6, 6.07) is 13.1. The van der Waals surface area contributed by atoms with Gasteiger partial charge in [-0.15, -0.1) is 0 Å². The summed E-state index contributed by atoms with van der Waals surface area (Å²) < 4.78 is 7.43. The molecule has 0 N–H and O–H groups in total. The molecule has 172 valence electrons. The molecule has 0 amide bonds. The Morgan fingerprint density at radius 2 is 0.621 bits per heavy atom. The monoisotopic (exact) mass is 470 g/mol. The Labute approximate surface area is 189 Å². The van der Waals surface area contributed by atoms with Crippen molar-refractivity contribution in [3.8, 4) is 0 Å². The van der Waals surface area contributed by atoms with Crippen LogP contribution in [0.15, 0.2) is 22.8 Å². The summed E-state index contributed by atoms with van der Waals surface area (Å²) in [5.41, 5.74) is 10.8. The Morgan fingerprint density at radius 1 is 0.379 bits per heavy atom. The maximum absolute atomic E-state index is 7.43. The van der Waals surface area contributed by atoms with Gasteiger partial charge in [-0.2, -0.15) is 0 Å². The second-order valence-corrected chi connectivity index (χ2v) is 28.1. The van der Waals surface area contributed by atoms with E-state index in [1.165, 1.54) is 60.4 Å². The van der Waals surface area contributed by atoms with E-state index in [1.807, 2.05) is 0 Å². The van der Waals surface area contributed by atoms with E-state index in [2.05, 4.69) is 92.0 Å². The summed E-state index contributed by atoms with van der Waals surface area (Å²) >= 11 is 0. The Hall–Kier alpha value is 0.308. The third kappa shape index (κ3) is 7.74. The van der Waals surface area contributed by atoms with Crippen molar-refractivity contribution >= 4 is 32.8 Å². The lowest BCUT2D eigenvalue weighted by atomic mass is 10.9. The van der Waals surface area contributed by atoms with E-state index >= 15 is 0 Å². The van der Waals surface area contributed by atoms with E-state index in [1.54, 1.807) is 0 Å². The first-order valence-electron chi connectivity index (χ1n) is 12.8. The van der Waals surface area contributed by atoms with Crippen LogP contribution in [-0.4, -0.2) is 32.8 Å². The largest absolute Gasteiger partial charge is 0.449 e. The number of hydrogen-bond donors (Lipinski definition) is 0. The highest BCUT2D eigenvalue weighted by atomic mass is 28.4. The van der Waals surface area contributed by atoms with Crippen LogP contribution < -0.4 is 0 Å². The molecule has 29 heavy (non-hydrogen) atoms. The molecule has 0 spiro atoms. The highest BCUT2D eigenvalue weighted by Gasteiger charge is 2.40. The average molecular weight is 471 g/mol. The van der Waals surface area contributed by atoms with Gasteiger partial charge in [0.2, 0.25) is 16.6 Å². The Morgan fingerprint density at radius 3 is 0.793 bits per heavy atom. The Bertz CT molecular complexity index is 425.